The van der Waals surface area contributed by atoms with E-state index in [4.69, 9.17) is 0 Å². The highest BCUT2D eigenvalue weighted by Crippen LogP contribution is 2.26. The average Bonchev–Trinajstić information content (AvgIpc) is 2.47. The third-order valence-corrected chi connectivity index (χ3v) is 3.66. The third-order valence-electron chi connectivity index (χ3n) is 3.66. The maximum absolute atomic E-state index is 3.39. The Morgan fingerprint density at radius 1 is 0.950 bits per heavy atom. The zero-order valence-electron chi connectivity index (χ0n) is 12.9. The Hall–Kier alpha value is -1.60. The van der Waals surface area contributed by atoms with E-state index >= 15 is 0 Å². The van der Waals surface area contributed by atoms with Gasteiger partial charge in [-0.05, 0) is 53.8 Å². The van der Waals surface area contributed by atoms with Crippen LogP contribution < -0.4 is 5.32 Å². The number of benzene rings is 2. The lowest BCUT2D eigenvalue weighted by atomic mass is 9.96. The second-order valence-corrected chi connectivity index (χ2v) is 5.38. The molecule has 0 saturated heterocycles. The fourth-order valence-corrected chi connectivity index (χ4v) is 2.54. The van der Waals surface area contributed by atoms with Gasteiger partial charge in [-0.2, -0.15) is 0 Å². The van der Waals surface area contributed by atoms with Crippen LogP contribution in [0.2, 0.25) is 0 Å². The Morgan fingerprint density at radius 2 is 1.80 bits per heavy atom. The summed E-state index contributed by atoms with van der Waals surface area (Å²) in [5.41, 5.74) is 6.83. The zero-order chi connectivity index (χ0) is 14.4. The monoisotopic (exact) mass is 267 g/mol. The van der Waals surface area contributed by atoms with Crippen LogP contribution in [0.1, 0.15) is 37.0 Å². The summed E-state index contributed by atoms with van der Waals surface area (Å²) in [5, 5.41) is 3.39. The van der Waals surface area contributed by atoms with E-state index in [0.29, 0.717) is 0 Å². The SMILES string of the molecule is CCCc1cccc(-c2cc(CNCC)ccc2C)c1. The Bertz CT molecular complexity index is 557. The van der Waals surface area contributed by atoms with Crippen molar-refractivity contribution in [2.24, 2.45) is 0 Å². The van der Waals surface area contributed by atoms with Crippen LogP contribution in [0, 0.1) is 6.92 Å². The third kappa shape index (κ3) is 3.71. The summed E-state index contributed by atoms with van der Waals surface area (Å²) in [6, 6.07) is 15.7. The van der Waals surface area contributed by atoms with Gasteiger partial charge < -0.3 is 5.32 Å². The summed E-state index contributed by atoms with van der Waals surface area (Å²) in [7, 11) is 0. The summed E-state index contributed by atoms with van der Waals surface area (Å²) in [6.07, 6.45) is 2.35. The van der Waals surface area contributed by atoms with Gasteiger partial charge in [-0.3, -0.25) is 0 Å². The highest BCUT2D eigenvalue weighted by Gasteiger charge is 2.04. The molecule has 0 heterocycles. The van der Waals surface area contributed by atoms with Crippen LogP contribution in [0.15, 0.2) is 42.5 Å². The second-order valence-electron chi connectivity index (χ2n) is 5.38. The van der Waals surface area contributed by atoms with Gasteiger partial charge in [-0.15, -0.1) is 0 Å². The van der Waals surface area contributed by atoms with Crippen LogP contribution in [0.5, 0.6) is 0 Å². The minimum absolute atomic E-state index is 0.943. The van der Waals surface area contributed by atoms with Gasteiger partial charge in [-0.1, -0.05) is 56.7 Å². The number of hydrogen-bond acceptors (Lipinski definition) is 1. The molecule has 106 valence electrons. The maximum Gasteiger partial charge on any atom is 0.0205 e. The normalized spacial score (nSPS) is 10.8. The molecule has 0 atom stereocenters. The molecule has 0 radical (unpaired) electrons. The molecule has 2 aromatic carbocycles. The van der Waals surface area contributed by atoms with Gasteiger partial charge in [0.1, 0.15) is 0 Å². The number of nitrogens with one attached hydrogen (secondary N) is 1. The molecule has 20 heavy (non-hydrogen) atoms. The van der Waals surface area contributed by atoms with E-state index in [1.807, 2.05) is 0 Å². The molecule has 0 unspecified atom stereocenters. The summed E-state index contributed by atoms with van der Waals surface area (Å²) >= 11 is 0. The van der Waals surface area contributed by atoms with E-state index in [1.165, 1.54) is 34.2 Å². The fraction of sp³-hybridized carbons (Fsp3) is 0.368. The average molecular weight is 267 g/mol. The van der Waals surface area contributed by atoms with Crippen molar-refractivity contribution in [1.29, 1.82) is 0 Å². The topological polar surface area (TPSA) is 12.0 Å². The molecular weight excluding hydrogens is 242 g/mol. The molecule has 0 aliphatic heterocycles. The molecule has 2 rings (SSSR count). The van der Waals surface area contributed by atoms with Crippen molar-refractivity contribution < 1.29 is 0 Å². The van der Waals surface area contributed by atoms with Crippen molar-refractivity contribution >= 4 is 0 Å². The summed E-state index contributed by atoms with van der Waals surface area (Å²) < 4.78 is 0. The largest absolute Gasteiger partial charge is 0.313 e. The van der Waals surface area contributed by atoms with E-state index in [1.54, 1.807) is 0 Å². The molecule has 0 spiro atoms. The highest BCUT2D eigenvalue weighted by atomic mass is 14.8. The highest BCUT2D eigenvalue weighted by molar-refractivity contribution is 5.68. The molecule has 0 aromatic heterocycles. The minimum Gasteiger partial charge on any atom is -0.313 e. The lowest BCUT2D eigenvalue weighted by molar-refractivity contribution is 0.727. The van der Waals surface area contributed by atoms with Crippen molar-refractivity contribution in [2.45, 2.75) is 40.2 Å². The molecule has 1 N–H and O–H groups in total. The standard InChI is InChI=1S/C19H25N/c1-4-7-16-8-6-9-18(12-16)19-13-17(14-20-5-2)11-10-15(19)3/h6,8-13,20H,4-5,7,14H2,1-3H3. The van der Waals surface area contributed by atoms with Crippen molar-refractivity contribution in [3.63, 3.8) is 0 Å². The van der Waals surface area contributed by atoms with Crippen LogP contribution >= 0.6 is 0 Å². The molecule has 0 aliphatic carbocycles. The van der Waals surface area contributed by atoms with E-state index in [2.05, 4.69) is 68.6 Å². The first-order valence-corrected chi connectivity index (χ1v) is 7.64. The fourth-order valence-electron chi connectivity index (χ4n) is 2.54. The van der Waals surface area contributed by atoms with E-state index in [0.717, 1.165) is 19.5 Å². The van der Waals surface area contributed by atoms with Crippen LogP contribution in [0.3, 0.4) is 0 Å². The van der Waals surface area contributed by atoms with E-state index in [-0.39, 0.29) is 0 Å². The van der Waals surface area contributed by atoms with Gasteiger partial charge in [0.25, 0.3) is 0 Å². The Balaban J connectivity index is 2.32. The Labute approximate surface area is 123 Å². The van der Waals surface area contributed by atoms with Crippen molar-refractivity contribution in [3.05, 3.63) is 59.2 Å². The summed E-state index contributed by atoms with van der Waals surface area (Å²) in [4.78, 5) is 0. The van der Waals surface area contributed by atoms with Gasteiger partial charge in [0.15, 0.2) is 0 Å². The van der Waals surface area contributed by atoms with Crippen LogP contribution in [0.4, 0.5) is 0 Å². The Morgan fingerprint density at radius 3 is 2.55 bits per heavy atom. The van der Waals surface area contributed by atoms with Crippen molar-refractivity contribution in [1.82, 2.24) is 5.32 Å². The van der Waals surface area contributed by atoms with Gasteiger partial charge in [0, 0.05) is 6.54 Å². The van der Waals surface area contributed by atoms with Crippen LogP contribution in [0.25, 0.3) is 11.1 Å². The number of rotatable bonds is 6. The molecule has 1 heteroatoms. The number of aryl methyl sites for hydroxylation is 2. The first-order valence-electron chi connectivity index (χ1n) is 7.64. The predicted molar refractivity (Wildman–Crippen MR) is 88.0 cm³/mol. The number of hydrogen-bond donors (Lipinski definition) is 1. The van der Waals surface area contributed by atoms with Gasteiger partial charge in [0.2, 0.25) is 0 Å². The van der Waals surface area contributed by atoms with E-state index < -0.39 is 0 Å². The van der Waals surface area contributed by atoms with E-state index in [9.17, 15) is 0 Å². The molecular formula is C19H25N. The Kier molecular flexibility index (Phi) is 5.37. The first kappa shape index (κ1) is 14.8. The molecule has 0 fully saturated rings. The summed E-state index contributed by atoms with van der Waals surface area (Å²) in [5.74, 6) is 0. The second kappa shape index (κ2) is 7.25. The quantitative estimate of drug-likeness (QED) is 0.798. The summed E-state index contributed by atoms with van der Waals surface area (Å²) in [6.45, 7) is 8.52. The lowest BCUT2D eigenvalue weighted by Crippen LogP contribution is -2.11. The molecule has 0 saturated carbocycles. The predicted octanol–water partition coefficient (Wildman–Crippen LogP) is 4.72. The van der Waals surface area contributed by atoms with Crippen molar-refractivity contribution in [3.8, 4) is 11.1 Å². The molecule has 0 amide bonds. The smallest absolute Gasteiger partial charge is 0.0205 e. The zero-order valence-corrected chi connectivity index (χ0v) is 12.9. The molecule has 0 aliphatic rings. The first-order chi connectivity index (χ1) is 9.74. The molecule has 2 aromatic rings. The minimum atomic E-state index is 0.943. The maximum atomic E-state index is 3.39. The van der Waals surface area contributed by atoms with Crippen LogP contribution in [-0.2, 0) is 13.0 Å². The molecule has 1 nitrogen and oxygen atoms in total. The van der Waals surface area contributed by atoms with Gasteiger partial charge in [-0.25, -0.2) is 0 Å². The van der Waals surface area contributed by atoms with Crippen LogP contribution in [-0.4, -0.2) is 6.54 Å². The molecule has 0 bridgehead atoms. The lowest BCUT2D eigenvalue weighted by Gasteiger charge is -2.11. The van der Waals surface area contributed by atoms with Gasteiger partial charge in [0.05, 0.1) is 0 Å². The van der Waals surface area contributed by atoms with Gasteiger partial charge >= 0.3 is 0 Å². The van der Waals surface area contributed by atoms with Crippen molar-refractivity contribution in [2.75, 3.05) is 6.54 Å².